The van der Waals surface area contributed by atoms with Gasteiger partial charge in [0, 0.05) is 26.7 Å². The van der Waals surface area contributed by atoms with E-state index in [2.05, 4.69) is 0 Å². The quantitative estimate of drug-likeness (QED) is 0.731. The number of amides is 2. The molecule has 98 valence electrons. The van der Waals surface area contributed by atoms with Crippen molar-refractivity contribution in [2.75, 3.05) is 40.0 Å². The van der Waals surface area contributed by atoms with Gasteiger partial charge in [-0.25, -0.2) is 9.59 Å². The first kappa shape index (κ1) is 13.6. The largest absolute Gasteiger partial charge is 0.465 e. The summed E-state index contributed by atoms with van der Waals surface area (Å²) in [7, 11) is 1.53. The molecule has 2 amide bonds. The molecule has 1 fully saturated rings. The van der Waals surface area contributed by atoms with E-state index in [4.69, 9.17) is 14.6 Å². The fourth-order valence-corrected chi connectivity index (χ4v) is 1.70. The van der Waals surface area contributed by atoms with Gasteiger partial charge in [0.1, 0.15) is 6.61 Å². The van der Waals surface area contributed by atoms with E-state index in [9.17, 15) is 9.59 Å². The van der Waals surface area contributed by atoms with Gasteiger partial charge in [0.25, 0.3) is 0 Å². The van der Waals surface area contributed by atoms with Crippen LogP contribution in [0.2, 0.25) is 0 Å². The summed E-state index contributed by atoms with van der Waals surface area (Å²) < 4.78 is 9.76. The van der Waals surface area contributed by atoms with Gasteiger partial charge in [0.15, 0.2) is 0 Å². The van der Waals surface area contributed by atoms with Crippen LogP contribution >= 0.6 is 0 Å². The van der Waals surface area contributed by atoms with E-state index in [0.717, 1.165) is 0 Å². The van der Waals surface area contributed by atoms with E-state index >= 15 is 0 Å². The van der Waals surface area contributed by atoms with Crippen LogP contribution in [0, 0.1) is 0 Å². The zero-order valence-corrected chi connectivity index (χ0v) is 10.1. The van der Waals surface area contributed by atoms with Gasteiger partial charge in [-0.2, -0.15) is 0 Å². The third-order valence-corrected chi connectivity index (χ3v) is 2.65. The fourth-order valence-electron chi connectivity index (χ4n) is 1.70. The minimum Gasteiger partial charge on any atom is -0.465 e. The van der Waals surface area contributed by atoms with Crippen molar-refractivity contribution in [3.05, 3.63) is 0 Å². The lowest BCUT2D eigenvalue weighted by atomic mass is 10.2. The van der Waals surface area contributed by atoms with E-state index in [1.54, 1.807) is 6.92 Å². The van der Waals surface area contributed by atoms with Crippen molar-refractivity contribution in [3.63, 3.8) is 0 Å². The maximum absolute atomic E-state index is 11.6. The lowest BCUT2D eigenvalue weighted by molar-refractivity contribution is 0.0383. The Balaban J connectivity index is 2.40. The lowest BCUT2D eigenvalue weighted by Crippen LogP contribution is -2.55. The van der Waals surface area contributed by atoms with Crippen LogP contribution in [0.3, 0.4) is 0 Å². The Kier molecular flexibility index (Phi) is 5.02. The number of hydrogen-bond acceptors (Lipinski definition) is 4. The highest BCUT2D eigenvalue weighted by Crippen LogP contribution is 2.11. The van der Waals surface area contributed by atoms with E-state index in [-0.39, 0.29) is 12.6 Å². The first-order valence-corrected chi connectivity index (χ1v) is 5.46. The zero-order valence-electron chi connectivity index (χ0n) is 10.1. The molecule has 0 aromatic rings. The van der Waals surface area contributed by atoms with Gasteiger partial charge >= 0.3 is 12.2 Å². The Morgan fingerprint density at radius 2 is 2.06 bits per heavy atom. The number of carbonyl (C=O) groups is 2. The van der Waals surface area contributed by atoms with Gasteiger partial charge in [-0.05, 0) is 6.92 Å². The summed E-state index contributed by atoms with van der Waals surface area (Å²) in [6.07, 6.45) is -1.37. The molecule has 1 aliphatic rings. The molecule has 1 saturated heterocycles. The number of rotatable bonds is 3. The fraction of sp³-hybridized carbons (Fsp3) is 0.800. The third-order valence-electron chi connectivity index (χ3n) is 2.65. The van der Waals surface area contributed by atoms with Crippen molar-refractivity contribution in [1.29, 1.82) is 0 Å². The SMILES string of the molecule is COCCOC(=O)N1CCN(C(=O)O)CC1C. The second kappa shape index (κ2) is 6.29. The van der Waals surface area contributed by atoms with Crippen LogP contribution in [0.5, 0.6) is 0 Å². The molecular weight excluding hydrogens is 228 g/mol. The standard InChI is InChI=1S/C10H18N2O5/c1-8-7-11(9(13)14)3-4-12(8)10(15)17-6-5-16-2/h8H,3-7H2,1-2H3,(H,13,14). The molecule has 7 heteroatoms. The summed E-state index contributed by atoms with van der Waals surface area (Å²) >= 11 is 0. The van der Waals surface area contributed by atoms with Crippen LogP contribution in [-0.4, -0.2) is 73.1 Å². The molecule has 1 heterocycles. The molecule has 0 saturated carbocycles. The number of nitrogens with zero attached hydrogens (tertiary/aromatic N) is 2. The monoisotopic (exact) mass is 246 g/mol. The minimum atomic E-state index is -0.954. The molecule has 1 atom stereocenters. The van der Waals surface area contributed by atoms with Crippen molar-refractivity contribution in [2.24, 2.45) is 0 Å². The van der Waals surface area contributed by atoms with E-state index in [1.165, 1.54) is 16.9 Å². The first-order chi connectivity index (χ1) is 8.06. The van der Waals surface area contributed by atoms with Crippen molar-refractivity contribution >= 4 is 12.2 Å². The molecular formula is C10H18N2O5. The molecule has 0 aromatic heterocycles. The van der Waals surface area contributed by atoms with Gasteiger partial charge in [0.05, 0.1) is 12.6 Å². The van der Waals surface area contributed by atoms with Crippen molar-refractivity contribution < 1.29 is 24.2 Å². The van der Waals surface area contributed by atoms with Gasteiger partial charge in [-0.15, -0.1) is 0 Å². The number of ether oxygens (including phenoxy) is 2. The minimum absolute atomic E-state index is 0.171. The summed E-state index contributed by atoms with van der Waals surface area (Å²) in [5.41, 5.74) is 0. The summed E-state index contributed by atoms with van der Waals surface area (Å²) in [4.78, 5) is 25.2. The molecule has 0 aromatic carbocycles. The predicted octanol–water partition coefficient (Wildman–Crippen LogP) is 0.454. The van der Waals surface area contributed by atoms with Crippen LogP contribution in [0.25, 0.3) is 0 Å². The topological polar surface area (TPSA) is 79.3 Å². The Hall–Kier alpha value is -1.50. The van der Waals surface area contributed by atoms with Gasteiger partial charge in [-0.1, -0.05) is 0 Å². The van der Waals surface area contributed by atoms with Gasteiger partial charge in [0.2, 0.25) is 0 Å². The second-order valence-electron chi connectivity index (χ2n) is 3.88. The third kappa shape index (κ3) is 3.77. The number of carbonyl (C=O) groups excluding carboxylic acids is 1. The number of carboxylic acid groups (broad SMARTS) is 1. The molecule has 0 bridgehead atoms. The molecule has 1 rings (SSSR count). The molecule has 1 aliphatic heterocycles. The van der Waals surface area contributed by atoms with Crippen molar-refractivity contribution in [2.45, 2.75) is 13.0 Å². The molecule has 17 heavy (non-hydrogen) atoms. The van der Waals surface area contributed by atoms with Crippen LogP contribution in [0.4, 0.5) is 9.59 Å². The maximum Gasteiger partial charge on any atom is 0.410 e. The smallest absolute Gasteiger partial charge is 0.410 e. The molecule has 1 N–H and O–H groups in total. The maximum atomic E-state index is 11.6. The normalized spacial score (nSPS) is 20.2. The zero-order chi connectivity index (χ0) is 12.8. The van der Waals surface area contributed by atoms with Crippen LogP contribution in [-0.2, 0) is 9.47 Å². The highest BCUT2D eigenvalue weighted by Gasteiger charge is 2.30. The highest BCUT2D eigenvalue weighted by atomic mass is 16.6. The summed E-state index contributed by atoms with van der Waals surface area (Å²) in [6, 6.07) is -0.171. The number of methoxy groups -OCH3 is 1. The van der Waals surface area contributed by atoms with Crippen LogP contribution in [0.1, 0.15) is 6.92 Å². The molecule has 0 radical (unpaired) electrons. The Bertz CT molecular complexity index is 284. The molecule has 0 spiro atoms. The van der Waals surface area contributed by atoms with Crippen LogP contribution in [0.15, 0.2) is 0 Å². The van der Waals surface area contributed by atoms with E-state index < -0.39 is 12.2 Å². The van der Waals surface area contributed by atoms with Crippen molar-refractivity contribution in [3.8, 4) is 0 Å². The Morgan fingerprint density at radius 1 is 1.35 bits per heavy atom. The average Bonchev–Trinajstić information content (AvgIpc) is 2.28. The van der Waals surface area contributed by atoms with E-state index in [1.807, 2.05) is 0 Å². The number of hydrogen-bond donors (Lipinski definition) is 1. The number of piperazine rings is 1. The summed E-state index contributed by atoms with van der Waals surface area (Å²) in [5, 5.41) is 8.83. The average molecular weight is 246 g/mol. The first-order valence-electron chi connectivity index (χ1n) is 5.46. The molecule has 7 nitrogen and oxygen atoms in total. The van der Waals surface area contributed by atoms with E-state index in [0.29, 0.717) is 26.2 Å². The van der Waals surface area contributed by atoms with Gasteiger partial charge in [-0.3, -0.25) is 0 Å². The van der Waals surface area contributed by atoms with Gasteiger partial charge < -0.3 is 24.4 Å². The lowest BCUT2D eigenvalue weighted by Gasteiger charge is -2.37. The summed E-state index contributed by atoms with van der Waals surface area (Å²) in [5.74, 6) is 0. The van der Waals surface area contributed by atoms with Crippen LogP contribution < -0.4 is 0 Å². The molecule has 0 aliphatic carbocycles. The van der Waals surface area contributed by atoms with Crippen molar-refractivity contribution in [1.82, 2.24) is 9.80 Å². The molecule has 1 unspecified atom stereocenters. The predicted molar refractivity (Wildman–Crippen MR) is 59.0 cm³/mol. The second-order valence-corrected chi connectivity index (χ2v) is 3.88. The summed E-state index contributed by atoms with van der Waals surface area (Å²) in [6.45, 7) is 3.36. The highest BCUT2D eigenvalue weighted by molar-refractivity contribution is 5.69. The Labute approximate surface area is 99.9 Å². The Morgan fingerprint density at radius 3 is 2.59 bits per heavy atom.